The van der Waals surface area contributed by atoms with Crippen LogP contribution in [0.5, 0.6) is 0 Å². The number of ketones is 1. The van der Waals surface area contributed by atoms with Gasteiger partial charge in [0.25, 0.3) is 0 Å². The van der Waals surface area contributed by atoms with Crippen LogP contribution in [-0.2, 0) is 36.9 Å². The summed E-state index contributed by atoms with van der Waals surface area (Å²) in [5, 5.41) is 5.53. The molecular formula is C30H40N2O6. The molecule has 2 aromatic rings. The van der Waals surface area contributed by atoms with Gasteiger partial charge in [-0.1, -0.05) is 60.7 Å². The second-order valence-corrected chi connectivity index (χ2v) is 10.4. The van der Waals surface area contributed by atoms with E-state index in [9.17, 15) is 19.2 Å². The van der Waals surface area contributed by atoms with Crippen molar-refractivity contribution in [3.05, 3.63) is 71.8 Å². The van der Waals surface area contributed by atoms with Crippen molar-refractivity contribution in [1.29, 1.82) is 0 Å². The quantitative estimate of drug-likeness (QED) is 0.273. The number of rotatable bonds is 14. The summed E-state index contributed by atoms with van der Waals surface area (Å²) in [6.45, 7) is 7.30. The molecule has 0 heterocycles. The highest BCUT2D eigenvalue weighted by Crippen LogP contribution is 2.16. The highest BCUT2D eigenvalue weighted by atomic mass is 16.6. The van der Waals surface area contributed by atoms with Gasteiger partial charge in [0, 0.05) is 18.9 Å². The van der Waals surface area contributed by atoms with Gasteiger partial charge in [-0.05, 0) is 64.5 Å². The fraction of sp³-hybridized carbons (Fsp3) is 0.467. The van der Waals surface area contributed by atoms with Crippen molar-refractivity contribution in [2.45, 2.75) is 78.0 Å². The topological polar surface area (TPSA) is 111 Å². The van der Waals surface area contributed by atoms with Gasteiger partial charge in [-0.25, -0.2) is 9.59 Å². The highest BCUT2D eigenvalue weighted by Gasteiger charge is 2.29. The number of amides is 2. The monoisotopic (exact) mass is 524 g/mol. The SMILES string of the molecule is CC(=O)C[C@@H](Cc1ccccc1)C(=O)N[C@@H](CCCCNC(=O)OCc1ccccc1)C(=O)OC(C)(C)C. The van der Waals surface area contributed by atoms with Gasteiger partial charge >= 0.3 is 12.1 Å². The number of alkyl carbamates (subject to hydrolysis) is 1. The van der Waals surface area contributed by atoms with Crippen molar-refractivity contribution >= 4 is 23.8 Å². The lowest BCUT2D eigenvalue weighted by atomic mass is 9.93. The molecule has 2 aromatic carbocycles. The largest absolute Gasteiger partial charge is 0.458 e. The number of hydrogen-bond acceptors (Lipinski definition) is 6. The Hall–Kier alpha value is -3.68. The summed E-state index contributed by atoms with van der Waals surface area (Å²) in [5.74, 6) is -1.58. The molecule has 0 aliphatic heterocycles. The van der Waals surface area contributed by atoms with Crippen LogP contribution in [0, 0.1) is 5.92 Å². The van der Waals surface area contributed by atoms with Crippen LogP contribution in [0.3, 0.4) is 0 Å². The summed E-state index contributed by atoms with van der Waals surface area (Å²) >= 11 is 0. The molecule has 0 saturated heterocycles. The number of hydrogen-bond donors (Lipinski definition) is 2. The average Bonchev–Trinajstić information content (AvgIpc) is 2.86. The second kappa shape index (κ2) is 15.5. The molecule has 0 saturated carbocycles. The smallest absolute Gasteiger partial charge is 0.407 e. The third kappa shape index (κ3) is 12.5. The molecule has 0 fully saturated rings. The summed E-state index contributed by atoms with van der Waals surface area (Å²) in [4.78, 5) is 49.9. The number of benzene rings is 2. The van der Waals surface area contributed by atoms with Gasteiger partial charge in [0.1, 0.15) is 24.0 Å². The van der Waals surface area contributed by atoms with Crippen molar-refractivity contribution in [2.24, 2.45) is 5.92 Å². The lowest BCUT2D eigenvalue weighted by molar-refractivity contribution is -0.159. The van der Waals surface area contributed by atoms with Crippen LogP contribution in [0.25, 0.3) is 0 Å². The molecule has 0 aromatic heterocycles. The van der Waals surface area contributed by atoms with Gasteiger partial charge in [0.05, 0.1) is 0 Å². The highest BCUT2D eigenvalue weighted by molar-refractivity contribution is 5.89. The number of nitrogens with one attached hydrogen (secondary N) is 2. The minimum Gasteiger partial charge on any atom is -0.458 e. The summed E-state index contributed by atoms with van der Waals surface area (Å²) < 4.78 is 10.7. The molecule has 8 nitrogen and oxygen atoms in total. The summed E-state index contributed by atoms with van der Waals surface area (Å²) in [6, 6.07) is 18.0. The first-order valence-corrected chi connectivity index (χ1v) is 13.0. The summed E-state index contributed by atoms with van der Waals surface area (Å²) in [5.41, 5.74) is 1.12. The Kier molecular flexibility index (Phi) is 12.5. The molecule has 2 amide bonds. The van der Waals surface area contributed by atoms with E-state index in [4.69, 9.17) is 9.47 Å². The third-order valence-electron chi connectivity index (χ3n) is 5.64. The molecule has 206 valence electrons. The number of unbranched alkanes of at least 4 members (excludes halogenated alkanes) is 1. The molecule has 2 rings (SSSR count). The van der Waals surface area contributed by atoms with Gasteiger partial charge in [-0.2, -0.15) is 0 Å². The fourth-order valence-electron chi connectivity index (χ4n) is 3.85. The molecule has 2 atom stereocenters. The van der Waals surface area contributed by atoms with Crippen LogP contribution in [-0.4, -0.2) is 41.9 Å². The molecule has 0 unspecified atom stereocenters. The predicted octanol–water partition coefficient (Wildman–Crippen LogP) is 4.75. The zero-order valence-electron chi connectivity index (χ0n) is 22.8. The first kappa shape index (κ1) is 30.5. The maximum Gasteiger partial charge on any atom is 0.407 e. The first-order valence-electron chi connectivity index (χ1n) is 13.0. The maximum absolute atomic E-state index is 13.2. The van der Waals surface area contributed by atoms with Crippen molar-refractivity contribution < 1.29 is 28.7 Å². The summed E-state index contributed by atoms with van der Waals surface area (Å²) in [6.07, 6.45) is 1.42. The van der Waals surface area contributed by atoms with Gasteiger partial charge in [0.2, 0.25) is 5.91 Å². The van der Waals surface area contributed by atoms with Gasteiger partial charge in [0.15, 0.2) is 0 Å². The molecule has 8 heteroatoms. The number of Topliss-reactive ketones (excluding diaryl/α,β-unsaturated/α-hetero) is 1. The van der Waals surface area contributed by atoms with Crippen LogP contribution in [0.4, 0.5) is 4.79 Å². The third-order valence-corrected chi connectivity index (χ3v) is 5.64. The number of ether oxygens (including phenoxy) is 2. The first-order chi connectivity index (χ1) is 18.0. The lowest BCUT2D eigenvalue weighted by Gasteiger charge is -2.26. The summed E-state index contributed by atoms with van der Waals surface area (Å²) in [7, 11) is 0. The van der Waals surface area contributed by atoms with E-state index in [0.717, 1.165) is 11.1 Å². The van der Waals surface area contributed by atoms with Crippen LogP contribution >= 0.6 is 0 Å². The Morgan fingerprint density at radius 3 is 2.05 bits per heavy atom. The molecule has 0 radical (unpaired) electrons. The Balaban J connectivity index is 1.90. The predicted molar refractivity (Wildman–Crippen MR) is 145 cm³/mol. The van der Waals surface area contributed by atoms with Gasteiger partial charge in [-0.3, -0.25) is 4.79 Å². The zero-order valence-corrected chi connectivity index (χ0v) is 22.8. The second-order valence-electron chi connectivity index (χ2n) is 10.4. The van der Waals surface area contributed by atoms with E-state index in [0.29, 0.717) is 32.2 Å². The molecule has 0 spiro atoms. The van der Waals surface area contributed by atoms with E-state index >= 15 is 0 Å². The molecule has 0 bridgehead atoms. The average molecular weight is 525 g/mol. The normalized spacial score (nSPS) is 12.6. The zero-order chi connectivity index (χ0) is 28.0. The number of carbonyl (C=O) groups is 4. The molecule has 2 N–H and O–H groups in total. The van der Waals surface area contributed by atoms with Crippen molar-refractivity contribution in [3.63, 3.8) is 0 Å². The van der Waals surface area contributed by atoms with Gasteiger partial charge < -0.3 is 24.9 Å². The van der Waals surface area contributed by atoms with Crippen molar-refractivity contribution in [3.8, 4) is 0 Å². The molecule has 0 aliphatic carbocycles. The molecule has 38 heavy (non-hydrogen) atoms. The Morgan fingerprint density at radius 1 is 0.868 bits per heavy atom. The van der Waals surface area contributed by atoms with Crippen LogP contribution < -0.4 is 10.6 Å². The van der Waals surface area contributed by atoms with E-state index < -0.39 is 29.6 Å². The van der Waals surface area contributed by atoms with E-state index in [2.05, 4.69) is 10.6 Å². The standard InChI is InChI=1S/C30H40N2O6/c1-22(33)19-25(20-23-13-7-5-8-14-23)27(34)32-26(28(35)38-30(2,3)4)17-11-12-18-31-29(36)37-21-24-15-9-6-10-16-24/h5-10,13-16,25-26H,11-12,17-21H2,1-4H3,(H,31,36)(H,32,34)/t25-,26-/m0/s1. The van der Waals surface area contributed by atoms with Crippen LogP contribution in [0.2, 0.25) is 0 Å². The Bertz CT molecular complexity index is 1030. The lowest BCUT2D eigenvalue weighted by Crippen LogP contribution is -2.47. The van der Waals surface area contributed by atoms with E-state index in [1.165, 1.54) is 6.92 Å². The van der Waals surface area contributed by atoms with Crippen molar-refractivity contribution in [2.75, 3.05) is 6.54 Å². The Labute approximate surface area is 225 Å². The maximum atomic E-state index is 13.2. The minimum atomic E-state index is -0.864. The van der Waals surface area contributed by atoms with Crippen LogP contribution in [0.1, 0.15) is 64.5 Å². The van der Waals surface area contributed by atoms with E-state index in [1.807, 2.05) is 60.7 Å². The van der Waals surface area contributed by atoms with Crippen LogP contribution in [0.15, 0.2) is 60.7 Å². The van der Waals surface area contributed by atoms with Gasteiger partial charge in [-0.15, -0.1) is 0 Å². The number of carbonyl (C=O) groups excluding carboxylic acids is 4. The number of esters is 1. The van der Waals surface area contributed by atoms with E-state index in [1.54, 1.807) is 20.8 Å². The van der Waals surface area contributed by atoms with Crippen molar-refractivity contribution in [1.82, 2.24) is 10.6 Å². The Morgan fingerprint density at radius 2 is 1.47 bits per heavy atom. The fourth-order valence-corrected chi connectivity index (χ4v) is 3.85. The minimum absolute atomic E-state index is 0.0801. The molecule has 0 aliphatic rings. The molecular weight excluding hydrogens is 484 g/mol. The van der Waals surface area contributed by atoms with E-state index in [-0.39, 0.29) is 24.7 Å².